The number of hydrogen-bond acceptors (Lipinski definition) is 4. The Morgan fingerprint density at radius 2 is 1.77 bits per heavy atom. The van der Waals surface area contributed by atoms with Crippen LogP contribution in [0.4, 0.5) is 10.5 Å². The maximum absolute atomic E-state index is 12.6. The summed E-state index contributed by atoms with van der Waals surface area (Å²) in [5.41, 5.74) is 1.40. The number of imide groups is 1. The molecule has 2 amide bonds. The Bertz CT molecular complexity index is 1030. The summed E-state index contributed by atoms with van der Waals surface area (Å²) in [4.78, 5) is 26.3. The van der Waals surface area contributed by atoms with Crippen LogP contribution in [0.3, 0.4) is 0 Å². The average molecular weight is 382 g/mol. The first-order valence-electron chi connectivity index (χ1n) is 7.80. The molecule has 4 nitrogen and oxygen atoms in total. The van der Waals surface area contributed by atoms with Crippen molar-refractivity contribution in [1.29, 1.82) is 0 Å². The van der Waals surface area contributed by atoms with Crippen molar-refractivity contribution in [2.24, 2.45) is 0 Å². The molecular weight excluding hydrogens is 370 g/mol. The van der Waals surface area contributed by atoms with Gasteiger partial charge in [-0.15, -0.1) is 0 Å². The fourth-order valence-corrected chi connectivity index (χ4v) is 3.64. The van der Waals surface area contributed by atoms with Crippen LogP contribution in [0.25, 0.3) is 17.4 Å². The molecule has 26 heavy (non-hydrogen) atoms. The molecule has 1 saturated heterocycles. The van der Waals surface area contributed by atoms with Gasteiger partial charge in [-0.1, -0.05) is 41.9 Å². The predicted octanol–water partition coefficient (Wildman–Crippen LogP) is 5.84. The molecule has 1 fully saturated rings. The normalized spacial score (nSPS) is 15.9. The Morgan fingerprint density at radius 1 is 0.962 bits per heavy atom. The Hall–Kier alpha value is -2.76. The van der Waals surface area contributed by atoms with E-state index in [2.05, 4.69) is 0 Å². The van der Waals surface area contributed by atoms with Crippen LogP contribution in [0, 0.1) is 0 Å². The zero-order valence-electron chi connectivity index (χ0n) is 13.4. The minimum atomic E-state index is -0.355. The highest BCUT2D eigenvalue weighted by Gasteiger charge is 2.36. The van der Waals surface area contributed by atoms with Gasteiger partial charge in [0, 0.05) is 16.7 Å². The van der Waals surface area contributed by atoms with Crippen molar-refractivity contribution in [3.63, 3.8) is 0 Å². The Morgan fingerprint density at radius 3 is 2.54 bits per heavy atom. The lowest BCUT2D eigenvalue weighted by molar-refractivity contribution is -0.113. The van der Waals surface area contributed by atoms with Gasteiger partial charge >= 0.3 is 0 Å². The summed E-state index contributed by atoms with van der Waals surface area (Å²) in [5.74, 6) is 0.784. The first kappa shape index (κ1) is 16.7. The lowest BCUT2D eigenvalue weighted by Crippen LogP contribution is -2.27. The third kappa shape index (κ3) is 3.19. The van der Waals surface area contributed by atoms with Gasteiger partial charge in [-0.2, -0.15) is 0 Å². The van der Waals surface area contributed by atoms with Gasteiger partial charge in [-0.3, -0.25) is 9.59 Å². The summed E-state index contributed by atoms with van der Waals surface area (Å²) in [6.45, 7) is 0. The minimum absolute atomic E-state index is 0.325. The summed E-state index contributed by atoms with van der Waals surface area (Å²) in [7, 11) is 0. The summed E-state index contributed by atoms with van der Waals surface area (Å²) in [6.07, 6.45) is 1.59. The third-order valence-electron chi connectivity index (χ3n) is 3.82. The highest BCUT2D eigenvalue weighted by atomic mass is 35.5. The zero-order valence-corrected chi connectivity index (χ0v) is 15.0. The molecule has 1 aliphatic rings. The Balaban J connectivity index is 1.62. The molecule has 1 aliphatic heterocycles. The van der Waals surface area contributed by atoms with Crippen molar-refractivity contribution in [3.05, 3.63) is 82.4 Å². The maximum atomic E-state index is 12.6. The van der Waals surface area contributed by atoms with E-state index in [1.165, 1.54) is 0 Å². The number of halogens is 1. The standard InChI is InChI=1S/C20H12ClNO3S/c21-14-6-4-5-13(11-14)17-10-9-16(25-17)12-18-19(23)22(20(24)26-18)15-7-2-1-3-8-15/h1-12H/b18-12-. The average Bonchev–Trinajstić information content (AvgIpc) is 3.21. The van der Waals surface area contributed by atoms with Crippen LogP contribution >= 0.6 is 23.4 Å². The fourth-order valence-electron chi connectivity index (χ4n) is 2.62. The van der Waals surface area contributed by atoms with E-state index >= 15 is 0 Å². The number of carbonyl (C=O) groups excluding carboxylic acids is 2. The number of para-hydroxylation sites is 1. The van der Waals surface area contributed by atoms with E-state index in [0.717, 1.165) is 22.2 Å². The summed E-state index contributed by atoms with van der Waals surface area (Å²) in [5, 5.41) is 0.290. The first-order chi connectivity index (χ1) is 12.6. The van der Waals surface area contributed by atoms with Gasteiger partial charge < -0.3 is 4.42 Å². The molecule has 6 heteroatoms. The van der Waals surface area contributed by atoms with E-state index < -0.39 is 0 Å². The molecule has 1 aromatic heterocycles. The number of furan rings is 1. The second-order valence-corrected chi connectivity index (χ2v) is 6.99. The van der Waals surface area contributed by atoms with Crippen LogP contribution < -0.4 is 4.90 Å². The molecule has 0 unspecified atom stereocenters. The van der Waals surface area contributed by atoms with Gasteiger partial charge in [0.1, 0.15) is 11.5 Å². The second kappa shape index (κ2) is 6.86. The molecule has 2 heterocycles. The van der Waals surface area contributed by atoms with Crippen molar-refractivity contribution in [2.45, 2.75) is 0 Å². The number of carbonyl (C=O) groups is 2. The molecule has 0 spiro atoms. The Labute approximate surface area is 159 Å². The maximum Gasteiger partial charge on any atom is 0.298 e. The zero-order chi connectivity index (χ0) is 18.1. The number of nitrogens with zero attached hydrogens (tertiary/aromatic N) is 1. The monoisotopic (exact) mass is 381 g/mol. The van der Waals surface area contributed by atoms with Crippen LogP contribution in [-0.4, -0.2) is 11.1 Å². The smallest absolute Gasteiger partial charge is 0.298 e. The van der Waals surface area contributed by atoms with Gasteiger partial charge in [-0.25, -0.2) is 4.90 Å². The second-order valence-electron chi connectivity index (χ2n) is 5.57. The van der Waals surface area contributed by atoms with Crippen LogP contribution in [-0.2, 0) is 4.79 Å². The van der Waals surface area contributed by atoms with Gasteiger partial charge in [-0.05, 0) is 48.2 Å². The highest BCUT2D eigenvalue weighted by Crippen LogP contribution is 2.36. The van der Waals surface area contributed by atoms with E-state index in [1.807, 2.05) is 18.2 Å². The van der Waals surface area contributed by atoms with Crippen molar-refractivity contribution in [1.82, 2.24) is 0 Å². The topological polar surface area (TPSA) is 50.5 Å². The largest absolute Gasteiger partial charge is 0.457 e. The fraction of sp³-hybridized carbons (Fsp3) is 0. The van der Waals surface area contributed by atoms with E-state index in [9.17, 15) is 9.59 Å². The number of benzene rings is 2. The quantitative estimate of drug-likeness (QED) is 0.535. The lowest BCUT2D eigenvalue weighted by atomic mass is 10.2. The molecule has 2 aromatic carbocycles. The van der Waals surface area contributed by atoms with Crippen molar-refractivity contribution in [2.75, 3.05) is 4.90 Å². The molecule has 128 valence electrons. The molecule has 4 rings (SSSR count). The van der Waals surface area contributed by atoms with Crippen molar-refractivity contribution in [3.8, 4) is 11.3 Å². The SMILES string of the molecule is O=C1S/C(=C\c2ccc(-c3cccc(Cl)c3)o2)C(=O)N1c1ccccc1. The minimum Gasteiger partial charge on any atom is -0.457 e. The van der Waals surface area contributed by atoms with Gasteiger partial charge in [0.15, 0.2) is 0 Å². The highest BCUT2D eigenvalue weighted by molar-refractivity contribution is 8.19. The predicted molar refractivity (Wildman–Crippen MR) is 104 cm³/mol. The molecule has 0 N–H and O–H groups in total. The first-order valence-corrected chi connectivity index (χ1v) is 9.00. The molecule has 0 bridgehead atoms. The van der Waals surface area contributed by atoms with Gasteiger partial charge in [0.05, 0.1) is 10.6 Å². The van der Waals surface area contributed by atoms with Crippen molar-refractivity contribution < 1.29 is 14.0 Å². The van der Waals surface area contributed by atoms with Gasteiger partial charge in [0.2, 0.25) is 0 Å². The van der Waals surface area contributed by atoms with Crippen LogP contribution in [0.5, 0.6) is 0 Å². The summed E-state index contributed by atoms with van der Waals surface area (Å²) >= 11 is 6.90. The molecular formula is C20H12ClNO3S. The van der Waals surface area contributed by atoms with Crippen LogP contribution in [0.15, 0.2) is 76.1 Å². The molecule has 3 aromatic rings. The van der Waals surface area contributed by atoms with E-state index in [1.54, 1.807) is 54.6 Å². The number of thioether (sulfide) groups is 1. The van der Waals surface area contributed by atoms with E-state index in [4.69, 9.17) is 16.0 Å². The van der Waals surface area contributed by atoms with E-state index in [-0.39, 0.29) is 11.1 Å². The molecule has 0 saturated carbocycles. The Kier molecular flexibility index (Phi) is 4.41. The molecule has 0 aliphatic carbocycles. The number of hydrogen-bond donors (Lipinski definition) is 0. The number of amides is 2. The summed E-state index contributed by atoms with van der Waals surface area (Å²) < 4.78 is 5.78. The number of anilines is 1. The van der Waals surface area contributed by atoms with Crippen LogP contribution in [0.1, 0.15) is 5.76 Å². The lowest BCUT2D eigenvalue weighted by Gasteiger charge is -2.11. The van der Waals surface area contributed by atoms with Gasteiger partial charge in [0.25, 0.3) is 11.1 Å². The number of rotatable bonds is 3. The molecule has 0 radical (unpaired) electrons. The summed E-state index contributed by atoms with van der Waals surface area (Å²) in [6, 6.07) is 19.7. The molecule has 0 atom stereocenters. The van der Waals surface area contributed by atoms with Crippen molar-refractivity contribution >= 4 is 46.3 Å². The van der Waals surface area contributed by atoms with Crippen LogP contribution in [0.2, 0.25) is 5.02 Å². The third-order valence-corrected chi connectivity index (χ3v) is 4.92. The van der Waals surface area contributed by atoms with E-state index in [0.29, 0.717) is 27.1 Å².